The van der Waals surface area contributed by atoms with Crippen molar-refractivity contribution in [3.63, 3.8) is 0 Å². The number of ether oxygens (including phenoxy) is 2. The van der Waals surface area contributed by atoms with Crippen molar-refractivity contribution in [1.82, 2.24) is 0 Å². The first-order valence-electron chi connectivity index (χ1n) is 6.36. The Morgan fingerprint density at radius 2 is 1.83 bits per heavy atom. The van der Waals surface area contributed by atoms with Crippen molar-refractivity contribution in [2.45, 2.75) is 27.2 Å². The molecule has 0 aliphatic rings. The highest BCUT2D eigenvalue weighted by Gasteiger charge is 2.18. The lowest BCUT2D eigenvalue weighted by Crippen LogP contribution is -2.17. The van der Waals surface area contributed by atoms with E-state index < -0.39 is 0 Å². The second-order valence-electron chi connectivity index (χ2n) is 4.98. The number of aliphatic hydroxyl groups excluding tert-OH is 1. The van der Waals surface area contributed by atoms with E-state index in [9.17, 15) is 5.11 Å². The molecule has 0 heterocycles. The first-order valence-corrected chi connectivity index (χ1v) is 6.36. The number of methoxy groups -OCH3 is 2. The summed E-state index contributed by atoms with van der Waals surface area (Å²) in [6, 6.07) is 3.98. The predicted molar refractivity (Wildman–Crippen MR) is 73.4 cm³/mol. The van der Waals surface area contributed by atoms with E-state index in [0.29, 0.717) is 5.92 Å². The minimum absolute atomic E-state index is 0.200. The monoisotopic (exact) mass is 252 g/mol. The van der Waals surface area contributed by atoms with Gasteiger partial charge in [-0.3, -0.25) is 0 Å². The summed E-state index contributed by atoms with van der Waals surface area (Å²) >= 11 is 0. The molecule has 0 aliphatic carbocycles. The largest absolute Gasteiger partial charge is 0.496 e. The maximum Gasteiger partial charge on any atom is 0.128 e. The quantitative estimate of drug-likeness (QED) is 0.846. The van der Waals surface area contributed by atoms with Crippen LogP contribution in [0.4, 0.5) is 0 Å². The average Bonchev–Trinajstić information content (AvgIpc) is 2.35. The first-order chi connectivity index (χ1) is 8.54. The van der Waals surface area contributed by atoms with Gasteiger partial charge in [-0.1, -0.05) is 19.9 Å². The van der Waals surface area contributed by atoms with Gasteiger partial charge in [-0.05, 0) is 36.8 Å². The van der Waals surface area contributed by atoms with E-state index in [4.69, 9.17) is 9.47 Å². The highest BCUT2D eigenvalue weighted by molar-refractivity contribution is 5.49. The second-order valence-corrected chi connectivity index (χ2v) is 4.98. The van der Waals surface area contributed by atoms with Gasteiger partial charge in [0, 0.05) is 12.2 Å². The van der Waals surface area contributed by atoms with E-state index in [0.717, 1.165) is 29.0 Å². The Bertz CT molecular complexity index is 386. The standard InChI is InChI=1S/C15H24O3/c1-10(2)13(9-16)8-12-6-7-14(17-4)11(3)15(12)18-5/h6-7,10,13,16H,8-9H2,1-5H3. The fraction of sp³-hybridized carbons (Fsp3) is 0.600. The zero-order valence-corrected chi connectivity index (χ0v) is 12.0. The molecule has 0 spiro atoms. The molecule has 3 heteroatoms. The van der Waals surface area contributed by atoms with Crippen LogP contribution in [-0.2, 0) is 6.42 Å². The van der Waals surface area contributed by atoms with Crippen LogP contribution in [0.25, 0.3) is 0 Å². The summed E-state index contributed by atoms with van der Waals surface area (Å²) in [6.45, 7) is 6.45. The van der Waals surface area contributed by atoms with Crippen LogP contribution in [-0.4, -0.2) is 25.9 Å². The Morgan fingerprint density at radius 1 is 1.17 bits per heavy atom. The third-order valence-electron chi connectivity index (χ3n) is 3.52. The Kier molecular flexibility index (Phi) is 5.48. The van der Waals surface area contributed by atoms with E-state index in [1.165, 1.54) is 0 Å². The first kappa shape index (κ1) is 14.8. The minimum atomic E-state index is 0.200. The smallest absolute Gasteiger partial charge is 0.128 e. The highest BCUT2D eigenvalue weighted by Crippen LogP contribution is 2.33. The maximum absolute atomic E-state index is 9.43. The summed E-state index contributed by atoms with van der Waals surface area (Å²) in [7, 11) is 3.33. The number of benzene rings is 1. The van der Waals surface area contributed by atoms with Crippen LogP contribution < -0.4 is 9.47 Å². The maximum atomic E-state index is 9.43. The molecule has 0 saturated heterocycles. The number of aliphatic hydroxyl groups is 1. The molecule has 18 heavy (non-hydrogen) atoms. The molecule has 1 rings (SSSR count). The van der Waals surface area contributed by atoms with Gasteiger partial charge in [0.15, 0.2) is 0 Å². The zero-order chi connectivity index (χ0) is 13.7. The summed E-state index contributed by atoms with van der Waals surface area (Å²) in [5.74, 6) is 2.41. The molecule has 1 aromatic rings. The van der Waals surface area contributed by atoms with E-state index in [1.807, 2.05) is 19.1 Å². The minimum Gasteiger partial charge on any atom is -0.496 e. The zero-order valence-electron chi connectivity index (χ0n) is 12.0. The lowest BCUT2D eigenvalue weighted by Gasteiger charge is -2.21. The molecular weight excluding hydrogens is 228 g/mol. The van der Waals surface area contributed by atoms with Gasteiger partial charge in [0.1, 0.15) is 11.5 Å². The van der Waals surface area contributed by atoms with Crippen LogP contribution in [0.3, 0.4) is 0 Å². The molecular formula is C15H24O3. The van der Waals surface area contributed by atoms with Crippen molar-refractivity contribution >= 4 is 0 Å². The average molecular weight is 252 g/mol. The van der Waals surface area contributed by atoms with E-state index in [-0.39, 0.29) is 12.5 Å². The van der Waals surface area contributed by atoms with E-state index in [2.05, 4.69) is 13.8 Å². The van der Waals surface area contributed by atoms with Crippen molar-refractivity contribution in [3.05, 3.63) is 23.3 Å². The van der Waals surface area contributed by atoms with Gasteiger partial charge in [-0.15, -0.1) is 0 Å². The van der Waals surface area contributed by atoms with Gasteiger partial charge in [-0.2, -0.15) is 0 Å². The van der Waals surface area contributed by atoms with Gasteiger partial charge in [0.2, 0.25) is 0 Å². The summed E-state index contributed by atoms with van der Waals surface area (Å²) < 4.78 is 10.8. The molecule has 0 aromatic heterocycles. The van der Waals surface area contributed by atoms with Gasteiger partial charge in [0.05, 0.1) is 14.2 Å². The topological polar surface area (TPSA) is 38.7 Å². The fourth-order valence-electron chi connectivity index (χ4n) is 2.19. The lowest BCUT2D eigenvalue weighted by atomic mass is 9.89. The third kappa shape index (κ3) is 3.16. The van der Waals surface area contributed by atoms with Crippen molar-refractivity contribution < 1.29 is 14.6 Å². The van der Waals surface area contributed by atoms with Crippen molar-refractivity contribution in [1.29, 1.82) is 0 Å². The number of hydrogen-bond donors (Lipinski definition) is 1. The van der Waals surface area contributed by atoms with Gasteiger partial charge in [0.25, 0.3) is 0 Å². The molecule has 0 radical (unpaired) electrons. The van der Waals surface area contributed by atoms with Crippen LogP contribution in [0.2, 0.25) is 0 Å². The molecule has 1 N–H and O–H groups in total. The fourth-order valence-corrected chi connectivity index (χ4v) is 2.19. The summed E-state index contributed by atoms with van der Waals surface area (Å²) in [5, 5.41) is 9.43. The van der Waals surface area contributed by atoms with E-state index in [1.54, 1.807) is 14.2 Å². The predicted octanol–water partition coefficient (Wildman–Crippen LogP) is 2.82. The van der Waals surface area contributed by atoms with Crippen LogP contribution in [0.5, 0.6) is 11.5 Å². The molecule has 1 atom stereocenters. The van der Waals surface area contributed by atoms with Crippen molar-refractivity contribution in [2.24, 2.45) is 11.8 Å². The molecule has 0 fully saturated rings. The molecule has 0 bridgehead atoms. The third-order valence-corrected chi connectivity index (χ3v) is 3.52. The summed E-state index contributed by atoms with van der Waals surface area (Å²) in [5.41, 5.74) is 2.14. The number of rotatable bonds is 6. The summed E-state index contributed by atoms with van der Waals surface area (Å²) in [6.07, 6.45) is 0.822. The number of hydrogen-bond acceptors (Lipinski definition) is 3. The molecule has 102 valence electrons. The SMILES string of the molecule is COc1ccc(CC(CO)C(C)C)c(OC)c1C. The Morgan fingerprint density at radius 3 is 2.28 bits per heavy atom. The highest BCUT2D eigenvalue weighted by atomic mass is 16.5. The molecule has 1 unspecified atom stereocenters. The normalized spacial score (nSPS) is 12.6. The van der Waals surface area contributed by atoms with Crippen molar-refractivity contribution in [3.8, 4) is 11.5 Å². The van der Waals surface area contributed by atoms with Crippen LogP contribution in [0, 0.1) is 18.8 Å². The Labute approximate surface area is 110 Å². The van der Waals surface area contributed by atoms with Crippen LogP contribution in [0.15, 0.2) is 12.1 Å². The van der Waals surface area contributed by atoms with Gasteiger partial charge < -0.3 is 14.6 Å². The summed E-state index contributed by atoms with van der Waals surface area (Å²) in [4.78, 5) is 0. The van der Waals surface area contributed by atoms with E-state index >= 15 is 0 Å². The van der Waals surface area contributed by atoms with Crippen molar-refractivity contribution in [2.75, 3.05) is 20.8 Å². The van der Waals surface area contributed by atoms with Crippen LogP contribution >= 0.6 is 0 Å². The molecule has 0 amide bonds. The van der Waals surface area contributed by atoms with Gasteiger partial charge in [-0.25, -0.2) is 0 Å². The molecule has 0 saturated carbocycles. The lowest BCUT2D eigenvalue weighted by molar-refractivity contribution is 0.188. The molecule has 1 aromatic carbocycles. The van der Waals surface area contributed by atoms with Crippen LogP contribution in [0.1, 0.15) is 25.0 Å². The molecule has 0 aliphatic heterocycles. The van der Waals surface area contributed by atoms with Gasteiger partial charge >= 0.3 is 0 Å². The second kappa shape index (κ2) is 6.64. The Balaban J connectivity index is 3.05. The Hall–Kier alpha value is -1.22. The molecule has 3 nitrogen and oxygen atoms in total.